The van der Waals surface area contributed by atoms with Crippen molar-refractivity contribution < 1.29 is 34.2 Å². The second-order valence-corrected chi connectivity index (χ2v) is 2.17. The molecule has 0 atom stereocenters. The Bertz CT molecular complexity index is 222. The predicted molar refractivity (Wildman–Crippen MR) is 41.9 cm³/mol. The van der Waals surface area contributed by atoms with E-state index in [9.17, 15) is 9.59 Å². The van der Waals surface area contributed by atoms with E-state index in [1.807, 2.05) is 0 Å². The van der Waals surface area contributed by atoms with Gasteiger partial charge in [-0.25, -0.2) is 19.7 Å². The number of ether oxygens (including phenoxy) is 2. The molecule has 0 aliphatic heterocycles. The van der Waals surface area contributed by atoms with Gasteiger partial charge in [0.2, 0.25) is 0 Å². The Morgan fingerprint density at radius 3 is 2.36 bits per heavy atom. The zero-order valence-corrected chi connectivity index (χ0v) is 7.52. The van der Waals surface area contributed by atoms with Crippen LogP contribution < -0.4 is 0 Å². The summed E-state index contributed by atoms with van der Waals surface area (Å²) < 4.78 is 8.82. The molecule has 0 radical (unpaired) electrons. The van der Waals surface area contributed by atoms with Crippen molar-refractivity contribution in [2.75, 3.05) is 13.2 Å². The Kier molecular flexibility index (Phi) is 6.08. The van der Waals surface area contributed by atoms with Crippen LogP contribution in [-0.2, 0) is 24.2 Å². The van der Waals surface area contributed by atoms with E-state index < -0.39 is 12.1 Å². The molecule has 7 nitrogen and oxygen atoms in total. The third kappa shape index (κ3) is 5.98. The molecule has 7 heteroatoms. The fourth-order valence-electron chi connectivity index (χ4n) is 0.437. The van der Waals surface area contributed by atoms with Crippen LogP contribution in [-0.4, -0.2) is 30.6 Å². The van der Waals surface area contributed by atoms with Crippen molar-refractivity contribution in [3.63, 3.8) is 0 Å². The van der Waals surface area contributed by atoms with Crippen LogP contribution in [0.1, 0.15) is 6.92 Å². The minimum absolute atomic E-state index is 0.133. The lowest BCUT2D eigenvalue weighted by atomic mass is 10.4. The normalized spacial score (nSPS) is 9.00. The molecular formula is C7H10O7. The van der Waals surface area contributed by atoms with Gasteiger partial charge in [0, 0.05) is 5.57 Å². The summed E-state index contributed by atoms with van der Waals surface area (Å²) in [6.45, 7) is 4.48. The molecule has 0 unspecified atom stereocenters. The van der Waals surface area contributed by atoms with Crippen LogP contribution >= 0.6 is 0 Å². The van der Waals surface area contributed by atoms with Crippen LogP contribution in [0.4, 0.5) is 4.79 Å². The Morgan fingerprint density at radius 2 is 1.86 bits per heavy atom. The van der Waals surface area contributed by atoms with E-state index in [-0.39, 0.29) is 18.8 Å². The van der Waals surface area contributed by atoms with Crippen LogP contribution in [0, 0.1) is 0 Å². The number of carbonyl (C=O) groups excluding carboxylic acids is 2. The van der Waals surface area contributed by atoms with Gasteiger partial charge in [0.25, 0.3) is 0 Å². The molecule has 0 amide bonds. The summed E-state index contributed by atoms with van der Waals surface area (Å²) >= 11 is 0. The quantitative estimate of drug-likeness (QED) is 0.232. The summed E-state index contributed by atoms with van der Waals surface area (Å²) in [5.74, 6) is -0.583. The summed E-state index contributed by atoms with van der Waals surface area (Å²) in [7, 11) is 0. The first kappa shape index (κ1) is 12.4. The second-order valence-electron chi connectivity index (χ2n) is 2.17. The second kappa shape index (κ2) is 6.87. The SMILES string of the molecule is C=C(C)C(=O)OCCOC(=O)OOO. The smallest absolute Gasteiger partial charge is 0.459 e. The zero-order valence-electron chi connectivity index (χ0n) is 7.52. The molecule has 0 saturated carbocycles. The maximum absolute atomic E-state index is 10.8. The highest BCUT2D eigenvalue weighted by molar-refractivity contribution is 5.86. The van der Waals surface area contributed by atoms with Crippen LogP contribution in [0.2, 0.25) is 0 Å². The molecule has 0 aromatic rings. The number of esters is 1. The predicted octanol–water partition coefficient (Wildman–Crippen LogP) is 0.663. The number of hydrogen-bond acceptors (Lipinski definition) is 7. The average Bonchev–Trinajstić information content (AvgIpc) is 2.12. The largest absolute Gasteiger partial charge is 0.542 e. The lowest BCUT2D eigenvalue weighted by molar-refractivity contribution is -0.461. The lowest BCUT2D eigenvalue weighted by Gasteiger charge is -2.03. The fraction of sp³-hybridized carbons (Fsp3) is 0.429. The van der Waals surface area contributed by atoms with E-state index in [2.05, 4.69) is 26.0 Å². The summed E-state index contributed by atoms with van der Waals surface area (Å²) in [6.07, 6.45) is -1.24. The molecule has 0 heterocycles. The Labute approximate surface area is 79.7 Å². The molecule has 14 heavy (non-hydrogen) atoms. The van der Waals surface area contributed by atoms with Crippen molar-refractivity contribution in [2.45, 2.75) is 6.92 Å². The van der Waals surface area contributed by atoms with Gasteiger partial charge in [-0.2, -0.15) is 0 Å². The highest BCUT2D eigenvalue weighted by atomic mass is 17.5. The molecule has 0 saturated heterocycles. The topological polar surface area (TPSA) is 91.3 Å². The fourth-order valence-corrected chi connectivity index (χ4v) is 0.437. The monoisotopic (exact) mass is 206 g/mol. The standard InChI is InChI=1S/C7H10O7/c1-5(2)6(8)11-3-4-12-7(9)13-14-10/h10H,1,3-4H2,2H3. The summed E-state index contributed by atoms with van der Waals surface area (Å²) in [6, 6.07) is 0. The van der Waals surface area contributed by atoms with Gasteiger partial charge in [0.05, 0.1) is 0 Å². The Morgan fingerprint density at radius 1 is 1.29 bits per heavy atom. The molecule has 0 bridgehead atoms. The molecule has 1 N–H and O–H groups in total. The molecule has 0 aromatic heterocycles. The van der Waals surface area contributed by atoms with Gasteiger partial charge in [0.15, 0.2) is 0 Å². The van der Waals surface area contributed by atoms with Crippen molar-refractivity contribution >= 4 is 12.1 Å². The molecule has 0 rings (SSSR count). The first-order chi connectivity index (χ1) is 6.57. The van der Waals surface area contributed by atoms with Gasteiger partial charge in [-0.15, -0.1) is 0 Å². The van der Waals surface area contributed by atoms with Crippen LogP contribution in [0.5, 0.6) is 0 Å². The van der Waals surface area contributed by atoms with E-state index in [4.69, 9.17) is 5.26 Å². The van der Waals surface area contributed by atoms with Gasteiger partial charge >= 0.3 is 12.1 Å². The summed E-state index contributed by atoms with van der Waals surface area (Å²) in [5, 5.41) is 10.7. The molecule has 0 spiro atoms. The van der Waals surface area contributed by atoms with Crippen LogP contribution in [0.15, 0.2) is 12.2 Å². The minimum Gasteiger partial charge on any atom is -0.459 e. The van der Waals surface area contributed by atoms with Gasteiger partial charge < -0.3 is 9.47 Å². The summed E-state index contributed by atoms with van der Waals surface area (Å²) in [4.78, 5) is 24.6. The first-order valence-electron chi connectivity index (χ1n) is 3.55. The van der Waals surface area contributed by atoms with Crippen molar-refractivity contribution in [1.82, 2.24) is 0 Å². The third-order valence-corrected chi connectivity index (χ3v) is 0.990. The molecular weight excluding hydrogens is 196 g/mol. The van der Waals surface area contributed by atoms with Crippen molar-refractivity contribution in [1.29, 1.82) is 0 Å². The number of carbonyl (C=O) groups is 2. The van der Waals surface area contributed by atoms with Gasteiger partial charge in [-0.3, -0.25) is 0 Å². The highest BCUT2D eigenvalue weighted by Gasteiger charge is 2.06. The highest BCUT2D eigenvalue weighted by Crippen LogP contribution is 1.92. The first-order valence-corrected chi connectivity index (χ1v) is 3.55. The lowest BCUT2D eigenvalue weighted by Crippen LogP contribution is -2.14. The molecule has 80 valence electrons. The maximum atomic E-state index is 10.8. The van der Waals surface area contributed by atoms with Crippen molar-refractivity contribution in [3.8, 4) is 0 Å². The van der Waals surface area contributed by atoms with E-state index in [1.165, 1.54) is 6.92 Å². The van der Waals surface area contributed by atoms with Crippen molar-refractivity contribution in [3.05, 3.63) is 12.2 Å². The number of hydrogen-bond donors (Lipinski definition) is 1. The van der Waals surface area contributed by atoms with E-state index in [0.717, 1.165) is 0 Å². The third-order valence-electron chi connectivity index (χ3n) is 0.990. The average molecular weight is 206 g/mol. The molecule has 0 fully saturated rings. The van der Waals surface area contributed by atoms with Crippen molar-refractivity contribution in [2.24, 2.45) is 0 Å². The van der Waals surface area contributed by atoms with E-state index in [0.29, 0.717) is 0 Å². The van der Waals surface area contributed by atoms with Gasteiger partial charge in [0.1, 0.15) is 13.2 Å². The van der Waals surface area contributed by atoms with Gasteiger partial charge in [-0.1, -0.05) is 6.58 Å². The Hall–Kier alpha value is -1.60. The molecule has 0 aromatic carbocycles. The zero-order chi connectivity index (χ0) is 11.0. The van der Waals surface area contributed by atoms with E-state index >= 15 is 0 Å². The molecule has 0 aliphatic rings. The van der Waals surface area contributed by atoms with Gasteiger partial charge in [-0.05, 0) is 12.0 Å². The molecule has 0 aliphatic carbocycles. The summed E-state index contributed by atoms with van der Waals surface area (Å²) in [5.41, 5.74) is 0.242. The van der Waals surface area contributed by atoms with Crippen LogP contribution in [0.3, 0.4) is 0 Å². The maximum Gasteiger partial charge on any atom is 0.542 e. The van der Waals surface area contributed by atoms with Crippen LogP contribution in [0.25, 0.3) is 0 Å². The Balaban J connectivity index is 3.42. The van der Waals surface area contributed by atoms with E-state index in [1.54, 1.807) is 0 Å². The number of rotatable bonds is 5. The minimum atomic E-state index is -1.24.